The molecule has 2 fully saturated rings. The average Bonchev–Trinajstić information content (AvgIpc) is 2.53. The predicted octanol–water partition coefficient (Wildman–Crippen LogP) is 2.20. The smallest absolute Gasteiger partial charge is 0.0594 e. The van der Waals surface area contributed by atoms with Gasteiger partial charge < -0.3 is 15.8 Å². The summed E-state index contributed by atoms with van der Waals surface area (Å²) in [7, 11) is 0. The Balaban J connectivity index is 1.49. The van der Waals surface area contributed by atoms with Crippen LogP contribution in [0.25, 0.3) is 0 Å². The molecule has 0 radical (unpaired) electrons. The number of rotatable bonds is 4. The highest BCUT2D eigenvalue weighted by atomic mass is 16.5. The number of nitrogens with zero attached hydrogens (tertiary/aromatic N) is 1. The van der Waals surface area contributed by atoms with E-state index in [0.29, 0.717) is 12.1 Å². The van der Waals surface area contributed by atoms with Crippen LogP contribution in [0.2, 0.25) is 0 Å². The van der Waals surface area contributed by atoms with Crippen LogP contribution < -0.4 is 11.1 Å². The molecule has 1 aliphatic heterocycles. The first-order chi connectivity index (χ1) is 10.3. The molecule has 0 atom stereocenters. The summed E-state index contributed by atoms with van der Waals surface area (Å²) in [6.45, 7) is 4.85. The summed E-state index contributed by atoms with van der Waals surface area (Å²) in [5.41, 5.74) is 8.58. The number of benzene rings is 1. The molecular weight excluding hydrogens is 262 g/mol. The van der Waals surface area contributed by atoms with Crippen LogP contribution >= 0.6 is 0 Å². The zero-order chi connectivity index (χ0) is 14.5. The maximum Gasteiger partial charge on any atom is 0.0594 e. The Morgan fingerprint density at radius 2 is 1.71 bits per heavy atom. The van der Waals surface area contributed by atoms with Gasteiger partial charge in [0, 0.05) is 37.4 Å². The van der Waals surface area contributed by atoms with E-state index < -0.39 is 0 Å². The zero-order valence-electron chi connectivity index (χ0n) is 12.8. The van der Waals surface area contributed by atoms with Gasteiger partial charge in [0.15, 0.2) is 0 Å². The lowest BCUT2D eigenvalue weighted by Crippen LogP contribution is -2.35. The van der Waals surface area contributed by atoms with E-state index in [1.54, 1.807) is 0 Å². The van der Waals surface area contributed by atoms with Crippen LogP contribution in [0.5, 0.6) is 0 Å². The van der Waals surface area contributed by atoms with Gasteiger partial charge in [0.2, 0.25) is 0 Å². The summed E-state index contributed by atoms with van der Waals surface area (Å²) in [6.07, 6.45) is 4.67. The molecule has 2 aliphatic rings. The minimum atomic E-state index is 0.416. The number of nitrogens with one attached hydrogen (secondary N) is 1. The number of hydrogen-bond donors (Lipinski definition) is 2. The molecule has 1 aromatic rings. The third kappa shape index (κ3) is 4.43. The summed E-state index contributed by atoms with van der Waals surface area (Å²) in [6, 6.07) is 9.92. The van der Waals surface area contributed by atoms with Gasteiger partial charge in [-0.15, -0.1) is 0 Å². The van der Waals surface area contributed by atoms with E-state index in [1.165, 1.54) is 24.1 Å². The summed E-state index contributed by atoms with van der Waals surface area (Å²) < 4.78 is 5.39. The maximum atomic E-state index is 5.96. The van der Waals surface area contributed by atoms with E-state index in [4.69, 9.17) is 10.5 Å². The standard InChI is InChI=1S/C17H27N3O/c18-15-3-7-17(8-4-15)19-16-5-1-14(2-6-16)13-20-9-11-21-12-10-20/h1-2,5-6,15,17,19H,3-4,7-13,18H2. The molecular formula is C17H27N3O. The van der Waals surface area contributed by atoms with Crippen LogP contribution in [-0.2, 0) is 11.3 Å². The largest absolute Gasteiger partial charge is 0.382 e. The molecule has 0 unspecified atom stereocenters. The number of hydrogen-bond acceptors (Lipinski definition) is 4. The second kappa shape index (κ2) is 7.25. The first kappa shape index (κ1) is 14.8. The van der Waals surface area contributed by atoms with Gasteiger partial charge in [0.25, 0.3) is 0 Å². The van der Waals surface area contributed by atoms with Crippen molar-refractivity contribution in [3.05, 3.63) is 29.8 Å². The fraction of sp³-hybridized carbons (Fsp3) is 0.647. The predicted molar refractivity (Wildman–Crippen MR) is 86.4 cm³/mol. The molecule has 3 N–H and O–H groups in total. The SMILES string of the molecule is NC1CCC(Nc2ccc(CN3CCOCC3)cc2)CC1. The van der Waals surface area contributed by atoms with Gasteiger partial charge in [-0.3, -0.25) is 4.90 Å². The van der Waals surface area contributed by atoms with Crippen molar-refractivity contribution in [2.45, 2.75) is 44.3 Å². The Hall–Kier alpha value is -1.10. The molecule has 0 aromatic heterocycles. The molecule has 3 rings (SSSR count). The molecule has 0 spiro atoms. The van der Waals surface area contributed by atoms with Gasteiger partial charge in [-0.25, -0.2) is 0 Å². The second-order valence-electron chi connectivity index (χ2n) is 6.34. The van der Waals surface area contributed by atoms with E-state index in [2.05, 4.69) is 34.5 Å². The highest BCUT2D eigenvalue weighted by Crippen LogP contribution is 2.21. The Kier molecular flexibility index (Phi) is 5.12. The summed E-state index contributed by atoms with van der Waals surface area (Å²) >= 11 is 0. The van der Waals surface area contributed by atoms with Gasteiger partial charge in [-0.1, -0.05) is 12.1 Å². The van der Waals surface area contributed by atoms with E-state index in [0.717, 1.165) is 45.7 Å². The molecule has 0 bridgehead atoms. The minimum absolute atomic E-state index is 0.416. The van der Waals surface area contributed by atoms with Crippen molar-refractivity contribution in [2.24, 2.45) is 5.73 Å². The van der Waals surface area contributed by atoms with Gasteiger partial charge in [0.05, 0.1) is 13.2 Å². The third-order valence-electron chi connectivity index (χ3n) is 4.61. The van der Waals surface area contributed by atoms with Crippen LogP contribution in [0.15, 0.2) is 24.3 Å². The Bertz CT molecular complexity index is 420. The molecule has 1 aromatic carbocycles. The van der Waals surface area contributed by atoms with Crippen LogP contribution in [0.1, 0.15) is 31.2 Å². The quantitative estimate of drug-likeness (QED) is 0.892. The first-order valence-electron chi connectivity index (χ1n) is 8.21. The number of anilines is 1. The monoisotopic (exact) mass is 289 g/mol. The van der Waals surface area contributed by atoms with Crippen LogP contribution in [0.4, 0.5) is 5.69 Å². The van der Waals surface area contributed by atoms with Crippen molar-refractivity contribution in [3.63, 3.8) is 0 Å². The van der Waals surface area contributed by atoms with Crippen LogP contribution in [0.3, 0.4) is 0 Å². The van der Waals surface area contributed by atoms with E-state index in [1.807, 2.05) is 0 Å². The van der Waals surface area contributed by atoms with Crippen molar-refractivity contribution >= 4 is 5.69 Å². The highest BCUT2D eigenvalue weighted by molar-refractivity contribution is 5.45. The van der Waals surface area contributed by atoms with E-state index in [9.17, 15) is 0 Å². The first-order valence-corrected chi connectivity index (χ1v) is 8.21. The normalized spacial score (nSPS) is 27.5. The van der Waals surface area contributed by atoms with E-state index >= 15 is 0 Å². The van der Waals surface area contributed by atoms with E-state index in [-0.39, 0.29) is 0 Å². The molecule has 21 heavy (non-hydrogen) atoms. The summed E-state index contributed by atoms with van der Waals surface area (Å²) in [4.78, 5) is 2.45. The lowest BCUT2D eigenvalue weighted by molar-refractivity contribution is 0.0342. The maximum absolute atomic E-state index is 5.96. The number of morpholine rings is 1. The lowest BCUT2D eigenvalue weighted by Gasteiger charge is -2.28. The van der Waals surface area contributed by atoms with Crippen LogP contribution in [-0.4, -0.2) is 43.3 Å². The Morgan fingerprint density at radius 1 is 1.05 bits per heavy atom. The molecule has 4 heteroatoms. The number of nitrogens with two attached hydrogens (primary N) is 1. The molecule has 4 nitrogen and oxygen atoms in total. The van der Waals surface area contributed by atoms with Gasteiger partial charge >= 0.3 is 0 Å². The van der Waals surface area contributed by atoms with Crippen molar-refractivity contribution in [3.8, 4) is 0 Å². The Labute approximate surface area is 127 Å². The zero-order valence-corrected chi connectivity index (χ0v) is 12.8. The van der Waals surface area contributed by atoms with Crippen molar-refractivity contribution in [1.29, 1.82) is 0 Å². The van der Waals surface area contributed by atoms with Crippen molar-refractivity contribution < 1.29 is 4.74 Å². The molecule has 1 aliphatic carbocycles. The summed E-state index contributed by atoms with van der Waals surface area (Å²) in [5.74, 6) is 0. The third-order valence-corrected chi connectivity index (χ3v) is 4.61. The number of ether oxygens (including phenoxy) is 1. The molecule has 116 valence electrons. The molecule has 1 saturated heterocycles. The van der Waals surface area contributed by atoms with Crippen molar-refractivity contribution in [2.75, 3.05) is 31.6 Å². The average molecular weight is 289 g/mol. The van der Waals surface area contributed by atoms with Crippen molar-refractivity contribution in [1.82, 2.24) is 4.90 Å². The fourth-order valence-electron chi connectivity index (χ4n) is 3.22. The lowest BCUT2D eigenvalue weighted by atomic mass is 9.91. The minimum Gasteiger partial charge on any atom is -0.382 e. The molecule has 1 heterocycles. The van der Waals surface area contributed by atoms with Gasteiger partial charge in [0.1, 0.15) is 0 Å². The summed E-state index contributed by atoms with van der Waals surface area (Å²) in [5, 5.41) is 3.64. The molecule has 1 saturated carbocycles. The molecule has 0 amide bonds. The topological polar surface area (TPSA) is 50.5 Å². The Morgan fingerprint density at radius 3 is 2.38 bits per heavy atom. The fourth-order valence-corrected chi connectivity index (χ4v) is 3.22. The van der Waals surface area contributed by atoms with Crippen LogP contribution in [0, 0.1) is 0 Å². The highest BCUT2D eigenvalue weighted by Gasteiger charge is 2.18. The van der Waals surface area contributed by atoms with Gasteiger partial charge in [-0.2, -0.15) is 0 Å². The second-order valence-corrected chi connectivity index (χ2v) is 6.34. The van der Waals surface area contributed by atoms with Gasteiger partial charge in [-0.05, 0) is 43.4 Å².